The maximum atomic E-state index is 5.52. The van der Waals surface area contributed by atoms with Gasteiger partial charge in [-0.3, -0.25) is 0 Å². The largest absolute Gasteiger partial charge is 0.383 e. The summed E-state index contributed by atoms with van der Waals surface area (Å²) in [5, 5.41) is 0. The van der Waals surface area contributed by atoms with Gasteiger partial charge < -0.3 is 19.3 Å². The highest BCUT2D eigenvalue weighted by Crippen LogP contribution is 2.37. The van der Waals surface area contributed by atoms with Gasteiger partial charge >= 0.3 is 0 Å². The molecule has 176 valence electrons. The van der Waals surface area contributed by atoms with Crippen LogP contribution in [0.3, 0.4) is 0 Å². The lowest BCUT2D eigenvalue weighted by Gasteiger charge is -2.28. The first-order valence-corrected chi connectivity index (χ1v) is 12.4. The summed E-state index contributed by atoms with van der Waals surface area (Å²) in [5.41, 5.74) is 5.23. The van der Waals surface area contributed by atoms with Crippen LogP contribution in [0.25, 0.3) is 0 Å². The molecule has 5 rings (SSSR count). The Balaban J connectivity index is 1.43. The van der Waals surface area contributed by atoms with Crippen LogP contribution in [0.2, 0.25) is 0 Å². The van der Waals surface area contributed by atoms with Crippen LogP contribution in [0, 0.1) is 0 Å². The molecule has 0 N–H and O–H groups in total. The van der Waals surface area contributed by atoms with Gasteiger partial charge in [0.15, 0.2) is 0 Å². The van der Waals surface area contributed by atoms with Crippen LogP contribution >= 0.6 is 0 Å². The third kappa shape index (κ3) is 4.46. The number of para-hydroxylation sites is 4. The number of anilines is 3. The van der Waals surface area contributed by atoms with Crippen molar-refractivity contribution >= 4 is 29.1 Å². The number of methoxy groups -OCH3 is 2. The molecule has 0 aliphatic carbocycles. The molecule has 6 nitrogen and oxygen atoms in total. The fourth-order valence-corrected chi connectivity index (χ4v) is 5.80. The predicted molar refractivity (Wildman–Crippen MR) is 136 cm³/mol. The van der Waals surface area contributed by atoms with Crippen molar-refractivity contribution in [3.8, 4) is 0 Å². The molecule has 0 saturated carbocycles. The second-order valence-corrected chi connectivity index (χ2v) is 9.37. The summed E-state index contributed by atoms with van der Waals surface area (Å²) >= 11 is 0. The zero-order valence-corrected chi connectivity index (χ0v) is 20.0. The molecule has 2 aromatic rings. The molecule has 3 aliphatic heterocycles. The number of rotatable bonds is 8. The van der Waals surface area contributed by atoms with Crippen LogP contribution < -0.4 is 14.7 Å². The van der Waals surface area contributed by atoms with Gasteiger partial charge in [0.25, 0.3) is 0 Å². The fourth-order valence-electron chi connectivity index (χ4n) is 5.80. The van der Waals surface area contributed by atoms with Crippen LogP contribution in [0.5, 0.6) is 0 Å². The van der Waals surface area contributed by atoms with Crippen LogP contribution in [0.4, 0.5) is 22.7 Å². The van der Waals surface area contributed by atoms with E-state index in [1.54, 1.807) is 0 Å². The van der Waals surface area contributed by atoms with E-state index >= 15 is 0 Å². The molecule has 3 aliphatic rings. The van der Waals surface area contributed by atoms with Gasteiger partial charge in [-0.1, -0.05) is 24.3 Å². The molecule has 2 fully saturated rings. The Bertz CT molecular complexity index is 978. The minimum absolute atomic E-state index is 0.462. The van der Waals surface area contributed by atoms with Gasteiger partial charge in [-0.2, -0.15) is 0 Å². The van der Waals surface area contributed by atoms with Crippen LogP contribution in [0.15, 0.2) is 48.5 Å². The molecule has 0 unspecified atom stereocenters. The fraction of sp³-hybridized carbons (Fsp3) is 0.519. The van der Waals surface area contributed by atoms with Crippen LogP contribution in [-0.2, 0) is 9.47 Å². The quantitative estimate of drug-likeness (QED) is 0.566. The molecule has 33 heavy (non-hydrogen) atoms. The first kappa shape index (κ1) is 22.2. The summed E-state index contributed by atoms with van der Waals surface area (Å²) in [4.78, 5) is 7.51. The average molecular weight is 450 g/mol. The molecular formula is C27H37N4O2+. The van der Waals surface area contributed by atoms with Gasteiger partial charge in [0.05, 0.1) is 36.7 Å². The van der Waals surface area contributed by atoms with Crippen LogP contribution in [0.1, 0.15) is 25.7 Å². The third-order valence-electron chi connectivity index (χ3n) is 7.33. The monoisotopic (exact) mass is 449 g/mol. The highest BCUT2D eigenvalue weighted by molar-refractivity contribution is 5.86. The highest BCUT2D eigenvalue weighted by Gasteiger charge is 2.33. The normalized spacial score (nSPS) is 23.0. The van der Waals surface area contributed by atoms with Crippen molar-refractivity contribution in [3.63, 3.8) is 0 Å². The van der Waals surface area contributed by atoms with Crippen molar-refractivity contribution in [2.45, 2.75) is 37.8 Å². The molecule has 0 spiro atoms. The molecule has 0 bridgehead atoms. The Labute approximate surface area is 198 Å². The minimum atomic E-state index is 0.462. The lowest BCUT2D eigenvalue weighted by Crippen LogP contribution is -2.34. The van der Waals surface area contributed by atoms with Crippen molar-refractivity contribution < 1.29 is 14.0 Å². The maximum absolute atomic E-state index is 5.52. The van der Waals surface area contributed by atoms with E-state index in [2.05, 4.69) is 74.1 Å². The molecule has 0 amide bonds. The maximum Gasteiger partial charge on any atom is 0.244 e. The molecule has 2 atom stereocenters. The first-order chi connectivity index (χ1) is 16.3. The van der Waals surface area contributed by atoms with E-state index in [9.17, 15) is 0 Å². The van der Waals surface area contributed by atoms with E-state index in [-0.39, 0.29) is 0 Å². The van der Waals surface area contributed by atoms with E-state index < -0.39 is 0 Å². The van der Waals surface area contributed by atoms with Gasteiger partial charge in [-0.25, -0.2) is 9.48 Å². The summed E-state index contributed by atoms with van der Waals surface area (Å²) in [7, 11) is 3.62. The summed E-state index contributed by atoms with van der Waals surface area (Å²) in [6.07, 6.45) is 7.16. The lowest BCUT2D eigenvalue weighted by atomic mass is 10.2. The van der Waals surface area contributed by atoms with Crippen LogP contribution in [-0.4, -0.2) is 76.6 Å². The Morgan fingerprint density at radius 3 is 2.00 bits per heavy atom. The van der Waals surface area contributed by atoms with Gasteiger partial charge in [0.2, 0.25) is 6.34 Å². The van der Waals surface area contributed by atoms with E-state index in [0.29, 0.717) is 12.1 Å². The first-order valence-electron chi connectivity index (χ1n) is 12.4. The lowest BCUT2D eigenvalue weighted by molar-refractivity contribution is -0.423. The summed E-state index contributed by atoms with van der Waals surface area (Å²) in [6.45, 7) is 5.74. The number of hydrogen-bond acceptors (Lipinski definition) is 5. The van der Waals surface area contributed by atoms with Crippen molar-refractivity contribution in [1.29, 1.82) is 0 Å². The Morgan fingerprint density at radius 1 is 0.758 bits per heavy atom. The highest BCUT2D eigenvalue weighted by atomic mass is 16.5. The average Bonchev–Trinajstić information content (AvgIpc) is 3.61. The van der Waals surface area contributed by atoms with Gasteiger partial charge in [-0.15, -0.1) is 0 Å². The summed E-state index contributed by atoms with van der Waals surface area (Å²) in [6, 6.07) is 18.6. The van der Waals surface area contributed by atoms with Crippen molar-refractivity contribution in [3.05, 3.63) is 48.5 Å². The standard InChI is InChI=1S/C27H37N4O2/c1-32-19-22-9-7-15-30(22)26-13-5-3-11-24(26)28-17-18-29(21-28)25-12-4-6-14-27(25)31-16-8-10-23(31)20-33-2/h3-6,11-14,21-23H,7-10,15-20H2,1-2H3/q+1/t22-,23-/m0/s1. The van der Waals surface area contributed by atoms with Gasteiger partial charge in [0.1, 0.15) is 24.5 Å². The Kier molecular flexibility index (Phi) is 6.83. The predicted octanol–water partition coefficient (Wildman–Crippen LogP) is 4.11. The third-order valence-corrected chi connectivity index (χ3v) is 7.33. The summed E-state index contributed by atoms with van der Waals surface area (Å²) < 4.78 is 13.5. The van der Waals surface area contributed by atoms with E-state index in [1.165, 1.54) is 48.4 Å². The molecule has 0 radical (unpaired) electrons. The SMILES string of the molecule is COC[C@@H]1CCCN1c1ccccc1N1C=[N+](c2ccccc2N2CCC[C@H]2COC)CC1. The van der Waals surface area contributed by atoms with E-state index in [1.807, 2.05) is 14.2 Å². The second kappa shape index (κ2) is 10.1. The number of benzene rings is 2. The molecule has 2 saturated heterocycles. The molecule has 2 aromatic carbocycles. The minimum Gasteiger partial charge on any atom is -0.383 e. The molecule has 6 heteroatoms. The molecule has 0 aromatic heterocycles. The van der Waals surface area contributed by atoms with Crippen molar-refractivity contribution in [1.82, 2.24) is 0 Å². The molecular weight excluding hydrogens is 412 g/mol. The number of nitrogens with zero attached hydrogens (tertiary/aromatic N) is 4. The van der Waals surface area contributed by atoms with E-state index in [4.69, 9.17) is 9.47 Å². The Hall–Kier alpha value is -2.57. The number of ether oxygens (including phenoxy) is 2. The van der Waals surface area contributed by atoms with E-state index in [0.717, 1.165) is 39.4 Å². The van der Waals surface area contributed by atoms with Crippen molar-refractivity contribution in [2.75, 3.05) is 68.3 Å². The Morgan fingerprint density at radius 2 is 1.33 bits per heavy atom. The smallest absolute Gasteiger partial charge is 0.244 e. The summed E-state index contributed by atoms with van der Waals surface area (Å²) in [5.74, 6) is 0. The molecule has 3 heterocycles. The topological polar surface area (TPSA) is 31.2 Å². The zero-order valence-electron chi connectivity index (χ0n) is 20.0. The van der Waals surface area contributed by atoms with Crippen molar-refractivity contribution in [2.24, 2.45) is 0 Å². The van der Waals surface area contributed by atoms with Gasteiger partial charge in [0, 0.05) is 27.3 Å². The second-order valence-electron chi connectivity index (χ2n) is 9.37. The number of hydrogen-bond donors (Lipinski definition) is 0. The van der Waals surface area contributed by atoms with Gasteiger partial charge in [-0.05, 0) is 49.9 Å². The zero-order chi connectivity index (χ0) is 22.6.